The van der Waals surface area contributed by atoms with Gasteiger partial charge in [-0.15, -0.1) is 0 Å². The molecular weight excluding hydrogens is 525 g/mol. The van der Waals surface area contributed by atoms with Crippen molar-refractivity contribution in [3.8, 4) is 11.5 Å². The molecule has 0 atom stereocenters. The number of aryl methyl sites for hydroxylation is 1. The van der Waals surface area contributed by atoms with Gasteiger partial charge in [-0.3, -0.25) is 0 Å². The molecule has 5 heteroatoms. The summed E-state index contributed by atoms with van der Waals surface area (Å²) in [5.41, 5.74) is 8.96. The molecule has 0 saturated heterocycles. The van der Waals surface area contributed by atoms with Crippen LogP contribution in [0.5, 0.6) is 11.5 Å². The van der Waals surface area contributed by atoms with Crippen LogP contribution in [0.3, 0.4) is 0 Å². The molecule has 0 saturated carbocycles. The summed E-state index contributed by atoms with van der Waals surface area (Å²) in [5, 5.41) is 2.62. The number of benzene rings is 6. The highest BCUT2D eigenvalue weighted by Crippen LogP contribution is 2.46. The normalized spacial score (nSPS) is 14.0. The first-order valence-electron chi connectivity index (χ1n) is 13.5. The molecule has 188 valence electrons. The Labute approximate surface area is 242 Å². The summed E-state index contributed by atoms with van der Waals surface area (Å²) in [6, 6.07) is 42.1. The summed E-state index contributed by atoms with van der Waals surface area (Å²) < 4.78 is 6.47. The fourth-order valence-corrected chi connectivity index (χ4v) is 8.80. The summed E-state index contributed by atoms with van der Waals surface area (Å²) in [4.78, 5) is 7.55. The molecule has 2 nitrogen and oxygen atoms in total. The van der Waals surface area contributed by atoms with E-state index in [9.17, 15) is 0 Å². The molecule has 0 N–H and O–H groups in total. The van der Waals surface area contributed by atoms with E-state index in [0.717, 1.165) is 11.5 Å². The molecule has 9 rings (SSSR count). The maximum atomic E-state index is 6.47. The topological polar surface area (TPSA) is 12.5 Å². The minimum absolute atomic E-state index is 0.153. The molecule has 6 aromatic carbocycles. The summed E-state index contributed by atoms with van der Waals surface area (Å²) in [7, 11) is 0. The van der Waals surface area contributed by atoms with E-state index in [1.54, 1.807) is 11.8 Å². The average Bonchev–Trinajstić information content (AvgIpc) is 2.96. The van der Waals surface area contributed by atoms with Gasteiger partial charge >= 0.3 is 0 Å². The molecule has 0 spiro atoms. The van der Waals surface area contributed by atoms with Crippen LogP contribution in [0.2, 0.25) is 0 Å². The highest BCUT2D eigenvalue weighted by molar-refractivity contribution is 8.00. The van der Waals surface area contributed by atoms with E-state index in [0.29, 0.717) is 0 Å². The maximum Gasteiger partial charge on any atom is 0.249 e. The van der Waals surface area contributed by atoms with Gasteiger partial charge in [0.05, 0.1) is 0 Å². The second-order valence-electron chi connectivity index (χ2n) is 10.7. The first kappa shape index (κ1) is 22.7. The Morgan fingerprint density at radius 3 is 2.42 bits per heavy atom. The molecular formula is C35H22BNOS2. The molecule has 0 radical (unpaired) electrons. The molecule has 3 aliphatic rings. The van der Waals surface area contributed by atoms with E-state index in [-0.39, 0.29) is 6.71 Å². The Kier molecular flexibility index (Phi) is 4.81. The zero-order chi connectivity index (χ0) is 26.4. The fraction of sp³-hybridized carbons (Fsp3) is 0.0286. The molecule has 3 heterocycles. The van der Waals surface area contributed by atoms with Crippen LogP contribution in [0.15, 0.2) is 135 Å². The van der Waals surface area contributed by atoms with Gasteiger partial charge in [-0.05, 0) is 88.8 Å². The number of ether oxygens (including phenoxy) is 1. The summed E-state index contributed by atoms with van der Waals surface area (Å²) in [6.07, 6.45) is 0. The minimum atomic E-state index is 0.153. The van der Waals surface area contributed by atoms with Gasteiger partial charge < -0.3 is 9.64 Å². The van der Waals surface area contributed by atoms with Crippen LogP contribution in [0.1, 0.15) is 5.56 Å². The highest BCUT2D eigenvalue weighted by Gasteiger charge is 2.41. The minimum Gasteiger partial charge on any atom is -0.457 e. The highest BCUT2D eigenvalue weighted by atomic mass is 32.2. The Morgan fingerprint density at radius 2 is 1.48 bits per heavy atom. The summed E-state index contributed by atoms with van der Waals surface area (Å²) in [5.74, 6) is 1.70. The van der Waals surface area contributed by atoms with E-state index in [4.69, 9.17) is 4.74 Å². The second kappa shape index (κ2) is 8.47. The Morgan fingerprint density at radius 1 is 0.650 bits per heavy atom. The summed E-state index contributed by atoms with van der Waals surface area (Å²) in [6.45, 7) is 2.37. The molecule has 0 amide bonds. The monoisotopic (exact) mass is 547 g/mol. The first-order valence-corrected chi connectivity index (χ1v) is 15.2. The number of rotatable bonds is 0. The lowest BCUT2D eigenvalue weighted by atomic mass is 9.34. The predicted octanol–water partition coefficient (Wildman–Crippen LogP) is 8.17. The van der Waals surface area contributed by atoms with Crippen molar-refractivity contribution in [1.29, 1.82) is 0 Å². The van der Waals surface area contributed by atoms with Crippen molar-refractivity contribution in [1.82, 2.24) is 0 Å². The van der Waals surface area contributed by atoms with Gasteiger partial charge in [-0.25, -0.2) is 0 Å². The number of nitrogens with zero attached hydrogens (tertiary/aromatic N) is 1. The molecule has 0 unspecified atom stereocenters. The van der Waals surface area contributed by atoms with Gasteiger partial charge in [0.2, 0.25) is 6.71 Å². The Balaban J connectivity index is 1.37. The molecule has 40 heavy (non-hydrogen) atoms. The van der Waals surface area contributed by atoms with Crippen LogP contribution in [-0.4, -0.2) is 6.71 Å². The lowest BCUT2D eigenvalue weighted by Gasteiger charge is -2.41. The average molecular weight is 548 g/mol. The lowest BCUT2D eigenvalue weighted by Crippen LogP contribution is -2.59. The van der Waals surface area contributed by atoms with Crippen molar-refractivity contribution in [3.63, 3.8) is 0 Å². The number of anilines is 3. The Hall–Kier alpha value is -4.06. The van der Waals surface area contributed by atoms with Crippen LogP contribution in [0, 0.1) is 6.92 Å². The van der Waals surface area contributed by atoms with Crippen molar-refractivity contribution >= 4 is 74.5 Å². The molecule has 3 aliphatic heterocycles. The number of hydrogen-bond donors (Lipinski definition) is 0. The summed E-state index contributed by atoms with van der Waals surface area (Å²) >= 11 is 3.70. The predicted molar refractivity (Wildman–Crippen MR) is 169 cm³/mol. The van der Waals surface area contributed by atoms with Crippen molar-refractivity contribution in [2.45, 2.75) is 26.5 Å². The standard InChI is InChI=1S/C35H22BNOS2/c1-21-16-32-34-33(17-21)40-35-28-11-3-2-6-22(28)12-14-30(35)36(34)29-15-13-25-20-31(29)37(32)23-7-4-9-26(18-23)39-27-10-5-8-24(19-27)38-25/h2-20H,1H3. The SMILES string of the molecule is Cc1cc2c3c(c1)N1c4cccc(c4)Sc4cccc(c4)Oc4ccc(c1c4)B3c1ccc3ccccc3c1S2. The van der Waals surface area contributed by atoms with Crippen molar-refractivity contribution in [2.75, 3.05) is 4.90 Å². The number of fused-ring (bicyclic) bond motifs is 12. The van der Waals surface area contributed by atoms with E-state index in [1.807, 2.05) is 17.8 Å². The Bertz CT molecular complexity index is 2040. The van der Waals surface area contributed by atoms with Crippen LogP contribution in [0.25, 0.3) is 10.8 Å². The smallest absolute Gasteiger partial charge is 0.249 e. The van der Waals surface area contributed by atoms with Gasteiger partial charge in [-0.2, -0.15) is 0 Å². The van der Waals surface area contributed by atoms with Gasteiger partial charge in [0.15, 0.2) is 0 Å². The second-order valence-corrected chi connectivity index (χ2v) is 12.9. The van der Waals surface area contributed by atoms with Gasteiger partial charge in [0.1, 0.15) is 11.5 Å². The van der Waals surface area contributed by atoms with E-state index in [2.05, 4.69) is 121 Å². The van der Waals surface area contributed by atoms with Crippen molar-refractivity contribution < 1.29 is 4.74 Å². The third-order valence-corrected chi connectivity index (χ3v) is 10.3. The first-order chi connectivity index (χ1) is 19.7. The van der Waals surface area contributed by atoms with Crippen molar-refractivity contribution in [3.05, 3.63) is 121 Å². The molecule has 0 fully saturated rings. The third-order valence-electron chi connectivity index (χ3n) is 8.13. The maximum absolute atomic E-state index is 6.47. The van der Waals surface area contributed by atoms with Gasteiger partial charge in [0.25, 0.3) is 0 Å². The molecule has 0 aromatic heterocycles. The van der Waals surface area contributed by atoms with E-state index < -0.39 is 0 Å². The number of hydrogen-bond acceptors (Lipinski definition) is 4. The zero-order valence-corrected chi connectivity index (χ0v) is 23.4. The van der Waals surface area contributed by atoms with Gasteiger partial charge in [-0.1, -0.05) is 83.6 Å². The quantitative estimate of drug-likeness (QED) is 0.178. The zero-order valence-electron chi connectivity index (χ0n) is 21.7. The molecule has 6 bridgehead atoms. The molecule has 0 aliphatic carbocycles. The van der Waals surface area contributed by atoms with Crippen LogP contribution in [-0.2, 0) is 0 Å². The largest absolute Gasteiger partial charge is 0.457 e. The third kappa shape index (κ3) is 3.35. The van der Waals surface area contributed by atoms with Crippen LogP contribution in [0.4, 0.5) is 17.1 Å². The van der Waals surface area contributed by atoms with E-state index >= 15 is 0 Å². The van der Waals surface area contributed by atoms with Crippen molar-refractivity contribution in [2.24, 2.45) is 0 Å². The van der Waals surface area contributed by atoms with E-state index in [1.165, 1.54) is 69.4 Å². The van der Waals surface area contributed by atoms with Gasteiger partial charge in [0, 0.05) is 42.7 Å². The van der Waals surface area contributed by atoms with Crippen LogP contribution < -0.4 is 26.0 Å². The van der Waals surface area contributed by atoms with Crippen LogP contribution >= 0.6 is 23.5 Å². The fourth-order valence-electron chi connectivity index (χ4n) is 6.49. The molecule has 6 aromatic rings. The lowest BCUT2D eigenvalue weighted by molar-refractivity contribution is 0.481.